The van der Waals surface area contributed by atoms with Crippen molar-refractivity contribution in [3.8, 4) is 5.75 Å². The summed E-state index contributed by atoms with van der Waals surface area (Å²) in [7, 11) is 1.56. The van der Waals surface area contributed by atoms with Crippen LogP contribution in [0.2, 0.25) is 0 Å². The summed E-state index contributed by atoms with van der Waals surface area (Å²) in [6.45, 7) is 0.618. The smallest absolute Gasteiger partial charge is 0.230 e. The largest absolute Gasteiger partial charge is 0.496 e. The predicted octanol–water partition coefficient (Wildman–Crippen LogP) is 2.57. The van der Waals surface area contributed by atoms with Crippen LogP contribution in [0, 0.1) is 0 Å². The maximum absolute atomic E-state index is 12.1. The molecule has 0 bridgehead atoms. The molecule has 0 spiro atoms. The fourth-order valence-corrected chi connectivity index (χ4v) is 1.68. The van der Waals surface area contributed by atoms with E-state index in [0.29, 0.717) is 23.7 Å². The summed E-state index contributed by atoms with van der Waals surface area (Å²) in [6.07, 6.45) is 3.72. The summed E-state index contributed by atoms with van der Waals surface area (Å²) in [4.78, 5) is 12.1. The molecule has 1 aromatic rings. The number of rotatable bonds is 3. The van der Waals surface area contributed by atoms with Crippen LogP contribution in [0.3, 0.4) is 0 Å². The summed E-state index contributed by atoms with van der Waals surface area (Å²) in [5.41, 5.74) is 0.554. The van der Waals surface area contributed by atoms with Gasteiger partial charge in [0, 0.05) is 0 Å². The van der Waals surface area contributed by atoms with Gasteiger partial charge in [0.05, 0.1) is 19.3 Å². The van der Waals surface area contributed by atoms with Crippen LogP contribution in [0.4, 0.5) is 0 Å². The van der Waals surface area contributed by atoms with Gasteiger partial charge in [0.25, 0.3) is 0 Å². The number of carbonyl (C=O) groups excluding carboxylic acids is 1. The lowest BCUT2D eigenvalue weighted by molar-refractivity contribution is 0.0896. The van der Waals surface area contributed by atoms with E-state index in [9.17, 15) is 4.79 Å². The molecule has 0 aromatic heterocycles. The van der Waals surface area contributed by atoms with E-state index in [1.54, 1.807) is 19.2 Å². The molecule has 3 nitrogen and oxygen atoms in total. The van der Waals surface area contributed by atoms with Gasteiger partial charge in [-0.1, -0.05) is 12.1 Å². The van der Waals surface area contributed by atoms with Crippen LogP contribution in [0.5, 0.6) is 5.75 Å². The maximum atomic E-state index is 12.1. The molecule has 0 saturated carbocycles. The van der Waals surface area contributed by atoms with Gasteiger partial charge in [0.15, 0.2) is 5.76 Å². The Labute approximate surface area is 94.7 Å². The minimum absolute atomic E-state index is 0.0999. The zero-order valence-electron chi connectivity index (χ0n) is 9.23. The normalized spacial score (nSPS) is 14.9. The number of para-hydroxylation sites is 1. The highest BCUT2D eigenvalue weighted by molar-refractivity contribution is 6.09. The van der Waals surface area contributed by atoms with Crippen LogP contribution in [0.1, 0.15) is 23.2 Å². The molecule has 0 saturated heterocycles. The molecule has 3 heteroatoms. The zero-order chi connectivity index (χ0) is 11.4. The highest BCUT2D eigenvalue weighted by atomic mass is 16.5. The van der Waals surface area contributed by atoms with Crippen molar-refractivity contribution in [3.63, 3.8) is 0 Å². The van der Waals surface area contributed by atoms with Gasteiger partial charge in [-0.05, 0) is 31.1 Å². The fraction of sp³-hybridized carbons (Fsp3) is 0.308. The van der Waals surface area contributed by atoms with E-state index < -0.39 is 0 Å². The maximum Gasteiger partial charge on any atom is 0.230 e. The van der Waals surface area contributed by atoms with E-state index in [2.05, 4.69) is 0 Å². The van der Waals surface area contributed by atoms with Crippen molar-refractivity contribution < 1.29 is 14.3 Å². The van der Waals surface area contributed by atoms with E-state index in [1.165, 1.54) is 0 Å². The van der Waals surface area contributed by atoms with Crippen molar-refractivity contribution >= 4 is 5.78 Å². The molecule has 0 aliphatic carbocycles. The second-order valence-electron chi connectivity index (χ2n) is 3.59. The lowest BCUT2D eigenvalue weighted by Gasteiger charge is -2.14. The topological polar surface area (TPSA) is 35.5 Å². The third-order valence-electron chi connectivity index (χ3n) is 2.51. The van der Waals surface area contributed by atoms with Crippen molar-refractivity contribution in [3.05, 3.63) is 41.7 Å². The van der Waals surface area contributed by atoms with Crippen molar-refractivity contribution in [2.24, 2.45) is 0 Å². The Morgan fingerprint density at radius 2 is 2.19 bits per heavy atom. The van der Waals surface area contributed by atoms with Crippen LogP contribution in [0.25, 0.3) is 0 Å². The zero-order valence-corrected chi connectivity index (χ0v) is 9.23. The number of hydrogen-bond donors (Lipinski definition) is 0. The molecule has 84 valence electrons. The Kier molecular flexibility index (Phi) is 3.25. The van der Waals surface area contributed by atoms with E-state index >= 15 is 0 Å². The Morgan fingerprint density at radius 3 is 2.88 bits per heavy atom. The number of carbonyl (C=O) groups is 1. The van der Waals surface area contributed by atoms with E-state index in [4.69, 9.17) is 9.47 Å². The first-order valence-electron chi connectivity index (χ1n) is 5.33. The summed E-state index contributed by atoms with van der Waals surface area (Å²) >= 11 is 0. The third-order valence-corrected chi connectivity index (χ3v) is 2.51. The van der Waals surface area contributed by atoms with Crippen LogP contribution in [0.15, 0.2) is 36.1 Å². The molecule has 1 heterocycles. The second kappa shape index (κ2) is 4.84. The Morgan fingerprint density at radius 1 is 1.38 bits per heavy atom. The van der Waals surface area contributed by atoms with Crippen molar-refractivity contribution in [1.29, 1.82) is 0 Å². The number of allylic oxidation sites excluding steroid dienone is 2. The summed E-state index contributed by atoms with van der Waals surface area (Å²) in [5, 5.41) is 0. The van der Waals surface area contributed by atoms with Crippen LogP contribution in [-0.2, 0) is 4.74 Å². The summed E-state index contributed by atoms with van der Waals surface area (Å²) < 4.78 is 10.5. The van der Waals surface area contributed by atoms with E-state index in [1.807, 2.05) is 18.2 Å². The van der Waals surface area contributed by atoms with Crippen LogP contribution in [-0.4, -0.2) is 19.5 Å². The molecular weight excluding hydrogens is 204 g/mol. The monoisotopic (exact) mass is 218 g/mol. The van der Waals surface area contributed by atoms with Gasteiger partial charge >= 0.3 is 0 Å². The highest BCUT2D eigenvalue weighted by Gasteiger charge is 2.19. The first-order valence-corrected chi connectivity index (χ1v) is 5.33. The van der Waals surface area contributed by atoms with Gasteiger partial charge < -0.3 is 9.47 Å². The Bertz CT molecular complexity index is 421. The standard InChI is InChI=1S/C13H14O3/c1-15-11-7-3-2-6-10(11)13(14)12-8-4-5-9-16-12/h2-3,6-8H,4-5,9H2,1H3. The van der Waals surface area contributed by atoms with Gasteiger partial charge in [-0.3, -0.25) is 4.79 Å². The Hall–Kier alpha value is -1.77. The lowest BCUT2D eigenvalue weighted by Crippen LogP contribution is -2.12. The third kappa shape index (κ3) is 2.08. The average Bonchev–Trinajstić information content (AvgIpc) is 2.39. The summed E-state index contributed by atoms with van der Waals surface area (Å²) in [6, 6.07) is 7.18. The van der Waals surface area contributed by atoms with E-state index in [0.717, 1.165) is 12.8 Å². The number of hydrogen-bond acceptors (Lipinski definition) is 3. The molecule has 1 aromatic carbocycles. The van der Waals surface area contributed by atoms with Gasteiger partial charge in [0.1, 0.15) is 5.75 Å². The highest BCUT2D eigenvalue weighted by Crippen LogP contribution is 2.23. The molecule has 16 heavy (non-hydrogen) atoms. The van der Waals surface area contributed by atoms with Crippen LogP contribution < -0.4 is 4.74 Å². The molecule has 2 rings (SSSR count). The van der Waals surface area contributed by atoms with Crippen LogP contribution >= 0.6 is 0 Å². The predicted molar refractivity (Wildman–Crippen MR) is 60.6 cm³/mol. The van der Waals surface area contributed by atoms with E-state index in [-0.39, 0.29) is 5.78 Å². The number of Topliss-reactive ketones (excluding diaryl/α,β-unsaturated/α-hetero) is 1. The summed E-state index contributed by atoms with van der Waals surface area (Å²) in [5.74, 6) is 0.926. The van der Waals surface area contributed by atoms with Crippen molar-refractivity contribution in [2.45, 2.75) is 12.8 Å². The van der Waals surface area contributed by atoms with Crippen molar-refractivity contribution in [1.82, 2.24) is 0 Å². The minimum atomic E-state index is -0.0999. The van der Waals surface area contributed by atoms with Gasteiger partial charge in [-0.15, -0.1) is 0 Å². The molecule has 1 aliphatic heterocycles. The second-order valence-corrected chi connectivity index (χ2v) is 3.59. The molecule has 0 amide bonds. The molecule has 0 fully saturated rings. The quantitative estimate of drug-likeness (QED) is 0.731. The number of ether oxygens (including phenoxy) is 2. The Balaban J connectivity index is 2.29. The van der Waals surface area contributed by atoms with Gasteiger partial charge in [-0.2, -0.15) is 0 Å². The minimum Gasteiger partial charge on any atom is -0.496 e. The lowest BCUT2D eigenvalue weighted by atomic mass is 10.1. The van der Waals surface area contributed by atoms with Gasteiger partial charge in [0.2, 0.25) is 5.78 Å². The molecule has 0 radical (unpaired) electrons. The molecular formula is C13H14O3. The first kappa shape index (κ1) is 10.7. The fourth-order valence-electron chi connectivity index (χ4n) is 1.68. The molecule has 0 unspecified atom stereocenters. The SMILES string of the molecule is COc1ccccc1C(=O)C1=CCCCO1. The molecule has 0 N–H and O–H groups in total. The molecule has 1 aliphatic rings. The number of ketones is 1. The number of methoxy groups -OCH3 is 1. The van der Waals surface area contributed by atoms with Crippen molar-refractivity contribution in [2.75, 3.05) is 13.7 Å². The average molecular weight is 218 g/mol. The first-order chi connectivity index (χ1) is 7.83. The molecule has 0 atom stereocenters. The van der Waals surface area contributed by atoms with Gasteiger partial charge in [-0.25, -0.2) is 0 Å². The number of benzene rings is 1.